The van der Waals surface area contributed by atoms with Gasteiger partial charge in [0.25, 0.3) is 0 Å². The summed E-state index contributed by atoms with van der Waals surface area (Å²) in [5.74, 6) is -0.947. The van der Waals surface area contributed by atoms with Crippen molar-refractivity contribution in [2.75, 3.05) is 6.54 Å². The van der Waals surface area contributed by atoms with Crippen LogP contribution in [-0.2, 0) is 9.84 Å². The lowest BCUT2D eigenvalue weighted by molar-refractivity contribution is 0.400. The topological polar surface area (TPSA) is 60.2 Å². The van der Waals surface area contributed by atoms with Crippen LogP contribution in [0.25, 0.3) is 0 Å². The van der Waals surface area contributed by atoms with Crippen LogP contribution in [0.5, 0.6) is 0 Å². The smallest absolute Gasteiger partial charge is 0.213 e. The molecule has 0 aliphatic heterocycles. The highest BCUT2D eigenvalue weighted by atomic mass is 32.2. The van der Waals surface area contributed by atoms with E-state index < -0.39 is 26.1 Å². The molecule has 0 spiro atoms. The van der Waals surface area contributed by atoms with Gasteiger partial charge >= 0.3 is 0 Å². The second-order valence-corrected chi connectivity index (χ2v) is 5.00. The minimum Gasteiger partial charge on any atom is -0.330 e. The Morgan fingerprint density at radius 2 is 1.93 bits per heavy atom. The summed E-state index contributed by atoms with van der Waals surface area (Å²) in [6.07, 6.45) is -0.337. The molecular formula is C9H11F2NO2S. The van der Waals surface area contributed by atoms with E-state index in [1.807, 2.05) is 0 Å². The number of benzene rings is 1. The number of alkyl halides is 1. The SMILES string of the molecule is NCCC(F)S(=O)(=O)c1ccccc1F. The van der Waals surface area contributed by atoms with Gasteiger partial charge in [-0.05, 0) is 18.7 Å². The molecule has 15 heavy (non-hydrogen) atoms. The van der Waals surface area contributed by atoms with Crippen molar-refractivity contribution in [1.82, 2.24) is 0 Å². The number of nitrogens with two attached hydrogens (primary N) is 1. The molecule has 0 heterocycles. The summed E-state index contributed by atoms with van der Waals surface area (Å²) in [5.41, 5.74) is 2.89. The van der Waals surface area contributed by atoms with Crippen molar-refractivity contribution in [2.24, 2.45) is 5.73 Å². The molecule has 0 bridgehead atoms. The largest absolute Gasteiger partial charge is 0.330 e. The summed E-state index contributed by atoms with van der Waals surface area (Å²) in [7, 11) is -4.25. The molecular weight excluding hydrogens is 224 g/mol. The zero-order valence-electron chi connectivity index (χ0n) is 7.86. The lowest BCUT2D eigenvalue weighted by Gasteiger charge is -2.09. The molecule has 1 aromatic rings. The normalized spacial score (nSPS) is 13.8. The maximum absolute atomic E-state index is 13.2. The van der Waals surface area contributed by atoms with Crippen LogP contribution >= 0.6 is 0 Å². The Morgan fingerprint density at radius 1 is 1.33 bits per heavy atom. The van der Waals surface area contributed by atoms with E-state index in [1.54, 1.807) is 0 Å². The quantitative estimate of drug-likeness (QED) is 0.854. The van der Waals surface area contributed by atoms with Gasteiger partial charge in [0, 0.05) is 6.42 Å². The first-order valence-electron chi connectivity index (χ1n) is 4.32. The lowest BCUT2D eigenvalue weighted by Crippen LogP contribution is -2.21. The van der Waals surface area contributed by atoms with Crippen molar-refractivity contribution in [1.29, 1.82) is 0 Å². The van der Waals surface area contributed by atoms with Gasteiger partial charge in [-0.15, -0.1) is 0 Å². The van der Waals surface area contributed by atoms with E-state index in [9.17, 15) is 17.2 Å². The highest BCUT2D eigenvalue weighted by molar-refractivity contribution is 7.91. The van der Waals surface area contributed by atoms with Gasteiger partial charge in [0.15, 0.2) is 0 Å². The summed E-state index contributed by atoms with van der Waals surface area (Å²) in [4.78, 5) is -0.619. The molecule has 1 atom stereocenters. The van der Waals surface area contributed by atoms with E-state index in [4.69, 9.17) is 5.73 Å². The Bertz CT molecular complexity index is 433. The Morgan fingerprint density at radius 3 is 2.47 bits per heavy atom. The molecule has 0 aromatic heterocycles. The van der Waals surface area contributed by atoms with Crippen LogP contribution in [0, 0.1) is 5.82 Å². The molecule has 3 nitrogen and oxygen atoms in total. The maximum Gasteiger partial charge on any atom is 0.213 e. The van der Waals surface area contributed by atoms with Gasteiger partial charge in [0.05, 0.1) is 0 Å². The van der Waals surface area contributed by atoms with Gasteiger partial charge < -0.3 is 5.73 Å². The van der Waals surface area contributed by atoms with Crippen LogP contribution in [0.3, 0.4) is 0 Å². The van der Waals surface area contributed by atoms with Gasteiger partial charge in [-0.2, -0.15) is 0 Å². The number of hydrogen-bond donors (Lipinski definition) is 1. The molecule has 1 aromatic carbocycles. The van der Waals surface area contributed by atoms with Gasteiger partial charge in [0.1, 0.15) is 10.7 Å². The van der Waals surface area contributed by atoms with Crippen LogP contribution in [-0.4, -0.2) is 20.5 Å². The van der Waals surface area contributed by atoms with Crippen LogP contribution in [0.1, 0.15) is 6.42 Å². The predicted octanol–water partition coefficient (Wildman–Crippen LogP) is 1.24. The van der Waals surface area contributed by atoms with Crippen LogP contribution in [0.15, 0.2) is 29.2 Å². The van der Waals surface area contributed by atoms with Crippen LogP contribution in [0.4, 0.5) is 8.78 Å². The molecule has 0 aliphatic rings. The van der Waals surface area contributed by atoms with E-state index in [0.29, 0.717) is 0 Å². The van der Waals surface area contributed by atoms with Gasteiger partial charge in [-0.25, -0.2) is 17.2 Å². The Balaban J connectivity index is 3.12. The van der Waals surface area contributed by atoms with Gasteiger partial charge in [-0.1, -0.05) is 12.1 Å². The highest BCUT2D eigenvalue weighted by Gasteiger charge is 2.28. The van der Waals surface area contributed by atoms with Crippen molar-refractivity contribution in [3.8, 4) is 0 Å². The third-order valence-corrected chi connectivity index (χ3v) is 3.73. The summed E-state index contributed by atoms with van der Waals surface area (Å²) in [5, 5.41) is 0. The van der Waals surface area contributed by atoms with Crippen molar-refractivity contribution >= 4 is 9.84 Å². The second-order valence-electron chi connectivity index (χ2n) is 2.96. The van der Waals surface area contributed by atoms with Crippen LogP contribution < -0.4 is 5.73 Å². The van der Waals surface area contributed by atoms with E-state index in [0.717, 1.165) is 12.1 Å². The summed E-state index contributed by atoms with van der Waals surface area (Å²) < 4.78 is 49.3. The molecule has 0 saturated carbocycles. The molecule has 1 unspecified atom stereocenters. The van der Waals surface area contributed by atoms with Crippen LogP contribution in [0.2, 0.25) is 0 Å². The van der Waals surface area contributed by atoms with Crippen molar-refractivity contribution in [3.05, 3.63) is 30.1 Å². The van der Waals surface area contributed by atoms with E-state index in [1.165, 1.54) is 12.1 Å². The number of sulfone groups is 1. The summed E-state index contributed by atoms with van der Waals surface area (Å²) >= 11 is 0. The fraction of sp³-hybridized carbons (Fsp3) is 0.333. The minimum absolute atomic E-state index is 0.102. The molecule has 0 amide bonds. The first kappa shape index (κ1) is 12.1. The maximum atomic E-state index is 13.2. The average Bonchev–Trinajstić information content (AvgIpc) is 2.18. The van der Waals surface area contributed by atoms with E-state index in [2.05, 4.69) is 0 Å². The molecule has 0 fully saturated rings. The van der Waals surface area contributed by atoms with Crippen molar-refractivity contribution in [2.45, 2.75) is 16.8 Å². The second kappa shape index (κ2) is 4.67. The Kier molecular flexibility index (Phi) is 3.76. The first-order chi connectivity index (χ1) is 7.00. The molecule has 1 rings (SSSR count). The monoisotopic (exact) mass is 235 g/mol. The van der Waals surface area contributed by atoms with Gasteiger partial charge in [0.2, 0.25) is 15.3 Å². The first-order valence-corrected chi connectivity index (χ1v) is 5.87. The number of halogens is 2. The molecule has 6 heteroatoms. The zero-order chi connectivity index (χ0) is 11.5. The fourth-order valence-electron chi connectivity index (χ4n) is 1.10. The zero-order valence-corrected chi connectivity index (χ0v) is 8.68. The molecule has 0 saturated heterocycles. The number of rotatable bonds is 4. The third-order valence-electron chi connectivity index (χ3n) is 1.87. The molecule has 84 valence electrons. The van der Waals surface area contributed by atoms with Crippen molar-refractivity contribution in [3.63, 3.8) is 0 Å². The van der Waals surface area contributed by atoms with E-state index >= 15 is 0 Å². The van der Waals surface area contributed by atoms with Gasteiger partial charge in [-0.3, -0.25) is 0 Å². The Labute approximate surface area is 86.8 Å². The highest BCUT2D eigenvalue weighted by Crippen LogP contribution is 2.21. The third kappa shape index (κ3) is 2.51. The standard InChI is InChI=1S/C9H11F2NO2S/c10-7-3-1-2-4-8(7)15(13,14)9(11)5-6-12/h1-4,9H,5-6,12H2. The predicted molar refractivity (Wildman–Crippen MR) is 52.2 cm³/mol. The minimum atomic E-state index is -4.25. The summed E-state index contributed by atoms with van der Waals surface area (Å²) in [6, 6.07) is 4.69. The fourth-order valence-corrected chi connectivity index (χ4v) is 2.43. The van der Waals surface area contributed by atoms with E-state index in [-0.39, 0.29) is 13.0 Å². The average molecular weight is 235 g/mol. The molecule has 0 radical (unpaired) electrons. The Hall–Kier alpha value is -1.01. The molecule has 0 aliphatic carbocycles. The lowest BCUT2D eigenvalue weighted by atomic mass is 10.3. The summed E-state index contributed by atoms with van der Waals surface area (Å²) in [6.45, 7) is -0.102. The molecule has 2 N–H and O–H groups in total. The van der Waals surface area contributed by atoms with Crippen molar-refractivity contribution < 1.29 is 17.2 Å². The number of hydrogen-bond acceptors (Lipinski definition) is 3.